The summed E-state index contributed by atoms with van der Waals surface area (Å²) in [7, 11) is 0. The summed E-state index contributed by atoms with van der Waals surface area (Å²) in [6.45, 7) is 6.18. The van der Waals surface area contributed by atoms with Crippen LogP contribution in [0.2, 0.25) is 0 Å². The first-order valence-electron chi connectivity index (χ1n) is 3.02. The van der Waals surface area contributed by atoms with E-state index < -0.39 is 0 Å². The second-order valence-electron chi connectivity index (χ2n) is 2.49. The van der Waals surface area contributed by atoms with E-state index >= 15 is 0 Å². The molecule has 0 aliphatic heterocycles. The first-order chi connectivity index (χ1) is 3.63. The van der Waals surface area contributed by atoms with Crippen LogP contribution >= 0.6 is 0 Å². The minimum Gasteiger partial charge on any atom is -0.328 e. The van der Waals surface area contributed by atoms with Crippen molar-refractivity contribution in [2.45, 2.75) is 33.2 Å². The van der Waals surface area contributed by atoms with Gasteiger partial charge in [-0.05, 0) is 27.2 Å². The van der Waals surface area contributed by atoms with Crippen molar-refractivity contribution in [3.63, 3.8) is 0 Å². The molecule has 0 aliphatic rings. The van der Waals surface area contributed by atoms with Gasteiger partial charge in [-0.15, -0.1) is 0 Å². The molecule has 1 atom stereocenters. The smallest absolute Gasteiger partial charge is 0.00450 e. The van der Waals surface area contributed by atoms with Crippen LogP contribution in [0, 0.1) is 0 Å². The fraction of sp³-hybridized carbons (Fsp3) is 0.714. The topological polar surface area (TPSA) is 26.0 Å². The normalized spacial score (nSPS) is 13.0. The lowest BCUT2D eigenvalue weighted by molar-refractivity contribution is 0.754. The molecule has 0 radical (unpaired) electrons. The highest BCUT2D eigenvalue weighted by Crippen LogP contribution is 1.94. The molecule has 0 amide bonds. The highest BCUT2D eigenvalue weighted by atomic mass is 14.6. The van der Waals surface area contributed by atoms with Gasteiger partial charge in [0.25, 0.3) is 0 Å². The molecule has 1 heteroatoms. The summed E-state index contributed by atoms with van der Waals surface area (Å²) >= 11 is 0. The van der Waals surface area contributed by atoms with Crippen LogP contribution in [-0.2, 0) is 0 Å². The Balaban J connectivity index is 3.29. The van der Waals surface area contributed by atoms with E-state index in [2.05, 4.69) is 19.9 Å². The summed E-state index contributed by atoms with van der Waals surface area (Å²) in [6.07, 6.45) is 3.16. The number of rotatable bonds is 2. The van der Waals surface area contributed by atoms with Crippen LogP contribution in [0.15, 0.2) is 11.6 Å². The molecule has 0 fully saturated rings. The maximum absolute atomic E-state index is 5.50. The molecule has 1 nitrogen and oxygen atoms in total. The third-order valence-corrected chi connectivity index (χ3v) is 0.898. The van der Waals surface area contributed by atoms with E-state index in [1.807, 2.05) is 6.92 Å². The zero-order chi connectivity index (χ0) is 6.57. The molecule has 0 heterocycles. The van der Waals surface area contributed by atoms with Gasteiger partial charge in [-0.25, -0.2) is 0 Å². The first kappa shape index (κ1) is 7.70. The standard InChI is InChI=1S/C7H15N/c1-6(2)4-5-7(3)8/h4,7H,5,8H2,1-3H3/t7-/m1/s1. The second kappa shape index (κ2) is 3.67. The first-order valence-corrected chi connectivity index (χ1v) is 3.02. The molecule has 0 bridgehead atoms. The fourth-order valence-corrected chi connectivity index (χ4v) is 0.422. The Hall–Kier alpha value is -0.300. The van der Waals surface area contributed by atoms with Crippen molar-refractivity contribution in [1.29, 1.82) is 0 Å². The molecule has 0 saturated heterocycles. The van der Waals surface area contributed by atoms with E-state index in [4.69, 9.17) is 5.73 Å². The Morgan fingerprint density at radius 1 is 1.62 bits per heavy atom. The van der Waals surface area contributed by atoms with Crippen LogP contribution in [0.1, 0.15) is 27.2 Å². The fourth-order valence-electron chi connectivity index (χ4n) is 0.422. The van der Waals surface area contributed by atoms with Crippen LogP contribution < -0.4 is 5.73 Å². The second-order valence-corrected chi connectivity index (χ2v) is 2.49. The molecule has 8 heavy (non-hydrogen) atoms. The molecular formula is C7H15N. The Morgan fingerprint density at radius 3 is 2.25 bits per heavy atom. The number of allylic oxidation sites excluding steroid dienone is 1. The predicted octanol–water partition coefficient (Wildman–Crippen LogP) is 1.69. The van der Waals surface area contributed by atoms with Gasteiger partial charge in [-0.1, -0.05) is 11.6 Å². The Labute approximate surface area is 51.6 Å². The quantitative estimate of drug-likeness (QED) is 0.542. The highest BCUT2D eigenvalue weighted by Gasteiger charge is 1.86. The van der Waals surface area contributed by atoms with Gasteiger partial charge in [0.2, 0.25) is 0 Å². The van der Waals surface area contributed by atoms with Gasteiger partial charge in [0.05, 0.1) is 0 Å². The third kappa shape index (κ3) is 5.70. The van der Waals surface area contributed by atoms with Crippen molar-refractivity contribution in [2.24, 2.45) is 5.73 Å². The maximum Gasteiger partial charge on any atom is 0.00450 e. The SMILES string of the molecule is CC(C)=CC[C@@H](C)N. The van der Waals surface area contributed by atoms with Crippen molar-refractivity contribution in [1.82, 2.24) is 0 Å². The van der Waals surface area contributed by atoms with Gasteiger partial charge >= 0.3 is 0 Å². The van der Waals surface area contributed by atoms with E-state index in [0.717, 1.165) is 6.42 Å². The summed E-state index contributed by atoms with van der Waals surface area (Å²) in [5.74, 6) is 0. The Morgan fingerprint density at radius 2 is 2.12 bits per heavy atom. The lowest BCUT2D eigenvalue weighted by atomic mass is 10.2. The van der Waals surface area contributed by atoms with Crippen LogP contribution in [0.4, 0.5) is 0 Å². The summed E-state index contributed by atoms with van der Waals surface area (Å²) in [4.78, 5) is 0. The van der Waals surface area contributed by atoms with E-state index in [0.29, 0.717) is 6.04 Å². The molecule has 0 aromatic carbocycles. The van der Waals surface area contributed by atoms with Crippen molar-refractivity contribution in [3.05, 3.63) is 11.6 Å². The van der Waals surface area contributed by atoms with Gasteiger partial charge in [-0.2, -0.15) is 0 Å². The molecule has 0 saturated carbocycles. The van der Waals surface area contributed by atoms with Gasteiger partial charge in [0, 0.05) is 6.04 Å². The molecular weight excluding hydrogens is 98.1 g/mol. The van der Waals surface area contributed by atoms with Crippen LogP contribution in [0.5, 0.6) is 0 Å². The lowest BCUT2D eigenvalue weighted by Gasteiger charge is -1.97. The molecule has 0 spiro atoms. The molecule has 0 unspecified atom stereocenters. The van der Waals surface area contributed by atoms with E-state index in [9.17, 15) is 0 Å². The average molecular weight is 113 g/mol. The number of hydrogen-bond acceptors (Lipinski definition) is 1. The summed E-state index contributed by atoms with van der Waals surface area (Å²) in [5, 5.41) is 0. The van der Waals surface area contributed by atoms with Gasteiger partial charge < -0.3 is 5.73 Å². The van der Waals surface area contributed by atoms with Crippen molar-refractivity contribution < 1.29 is 0 Å². The zero-order valence-electron chi connectivity index (χ0n) is 5.94. The Bertz CT molecular complexity index is 78.4. The third-order valence-electron chi connectivity index (χ3n) is 0.898. The monoisotopic (exact) mass is 113 g/mol. The number of hydrogen-bond donors (Lipinski definition) is 1. The molecule has 48 valence electrons. The van der Waals surface area contributed by atoms with Crippen LogP contribution in [-0.4, -0.2) is 6.04 Å². The van der Waals surface area contributed by atoms with Crippen LogP contribution in [0.25, 0.3) is 0 Å². The van der Waals surface area contributed by atoms with Gasteiger partial charge in [0.1, 0.15) is 0 Å². The number of nitrogens with two attached hydrogens (primary N) is 1. The molecule has 2 N–H and O–H groups in total. The molecule has 0 aromatic rings. The lowest BCUT2D eigenvalue weighted by Crippen LogP contribution is -2.12. The summed E-state index contributed by atoms with van der Waals surface area (Å²) in [5.41, 5.74) is 6.85. The van der Waals surface area contributed by atoms with Crippen LogP contribution in [0.3, 0.4) is 0 Å². The largest absolute Gasteiger partial charge is 0.328 e. The van der Waals surface area contributed by atoms with E-state index in [-0.39, 0.29) is 0 Å². The van der Waals surface area contributed by atoms with E-state index in [1.165, 1.54) is 5.57 Å². The van der Waals surface area contributed by atoms with E-state index in [1.54, 1.807) is 0 Å². The highest BCUT2D eigenvalue weighted by molar-refractivity contribution is 4.94. The molecule has 0 rings (SSSR count). The minimum atomic E-state index is 0.310. The van der Waals surface area contributed by atoms with Gasteiger partial charge in [-0.3, -0.25) is 0 Å². The van der Waals surface area contributed by atoms with Gasteiger partial charge in [0.15, 0.2) is 0 Å². The maximum atomic E-state index is 5.50. The predicted molar refractivity (Wildman–Crippen MR) is 37.7 cm³/mol. The zero-order valence-corrected chi connectivity index (χ0v) is 5.94. The minimum absolute atomic E-state index is 0.310. The summed E-state index contributed by atoms with van der Waals surface area (Å²) in [6, 6.07) is 0.310. The van der Waals surface area contributed by atoms with Crippen molar-refractivity contribution in [3.8, 4) is 0 Å². The van der Waals surface area contributed by atoms with Crippen molar-refractivity contribution in [2.75, 3.05) is 0 Å². The molecule has 0 aromatic heterocycles. The average Bonchev–Trinajstić information content (AvgIpc) is 1.61. The summed E-state index contributed by atoms with van der Waals surface area (Å²) < 4.78 is 0. The Kier molecular flexibility index (Phi) is 3.53. The molecule has 0 aliphatic carbocycles. The van der Waals surface area contributed by atoms with Crippen molar-refractivity contribution >= 4 is 0 Å².